The monoisotopic (exact) mass is 466 g/mol. The number of carboxylic acid groups (broad SMARTS) is 1. The summed E-state index contributed by atoms with van der Waals surface area (Å²) in [7, 11) is 0. The van der Waals surface area contributed by atoms with Crippen LogP contribution in [-0.4, -0.2) is 42.8 Å². The first-order valence-electron chi connectivity index (χ1n) is 11.9. The molecule has 1 aliphatic rings. The summed E-state index contributed by atoms with van der Waals surface area (Å²) in [6, 6.07) is 16.3. The van der Waals surface area contributed by atoms with Gasteiger partial charge in [0, 0.05) is 25.4 Å². The van der Waals surface area contributed by atoms with E-state index in [1.54, 1.807) is 0 Å². The van der Waals surface area contributed by atoms with Crippen LogP contribution in [0.15, 0.2) is 48.5 Å². The Morgan fingerprint density at radius 3 is 2.06 bits per heavy atom. The Balaban J connectivity index is 1.47. The molecule has 0 bridgehead atoms. The molecule has 3 rings (SSSR count). The normalized spacial score (nSPS) is 14.1. The smallest absolute Gasteiger partial charge is 0.407 e. The first-order valence-corrected chi connectivity index (χ1v) is 11.9. The summed E-state index contributed by atoms with van der Waals surface area (Å²) in [5.41, 5.74) is 4.65. The molecule has 2 aromatic rings. The Labute approximate surface area is 200 Å². The molecule has 182 valence electrons. The van der Waals surface area contributed by atoms with E-state index in [9.17, 15) is 19.5 Å². The fourth-order valence-electron chi connectivity index (χ4n) is 4.40. The van der Waals surface area contributed by atoms with Crippen molar-refractivity contribution < 1.29 is 24.2 Å². The van der Waals surface area contributed by atoms with Crippen LogP contribution >= 0.6 is 0 Å². The summed E-state index contributed by atoms with van der Waals surface area (Å²) in [5.74, 6) is -1.90. The number of amides is 2. The second-order valence-corrected chi connectivity index (χ2v) is 9.18. The molecule has 2 atom stereocenters. The average molecular weight is 467 g/mol. The van der Waals surface area contributed by atoms with E-state index in [0.717, 1.165) is 11.1 Å². The molecule has 2 aromatic carbocycles. The summed E-state index contributed by atoms with van der Waals surface area (Å²) in [5, 5.41) is 14.7. The minimum absolute atomic E-state index is 0.00552. The van der Waals surface area contributed by atoms with E-state index in [0.29, 0.717) is 13.0 Å². The average Bonchev–Trinajstić information content (AvgIpc) is 3.13. The van der Waals surface area contributed by atoms with E-state index in [1.165, 1.54) is 11.1 Å². The number of alkyl carbamates (subject to hydrolysis) is 1. The quantitative estimate of drug-likeness (QED) is 0.455. The minimum atomic E-state index is -0.917. The number of carbonyl (C=O) groups excluding carboxylic acids is 2. The summed E-state index contributed by atoms with van der Waals surface area (Å²) in [6.45, 7) is 6.24. The molecule has 0 heterocycles. The molecular formula is C27H34N2O5. The number of carboxylic acids is 1. The molecule has 7 heteroatoms. The van der Waals surface area contributed by atoms with Crippen molar-refractivity contribution in [3.8, 4) is 11.1 Å². The van der Waals surface area contributed by atoms with Gasteiger partial charge in [0.2, 0.25) is 5.91 Å². The highest BCUT2D eigenvalue weighted by Gasteiger charge is 2.29. The predicted molar refractivity (Wildman–Crippen MR) is 130 cm³/mol. The Morgan fingerprint density at radius 2 is 1.53 bits per heavy atom. The second-order valence-electron chi connectivity index (χ2n) is 9.18. The van der Waals surface area contributed by atoms with Crippen molar-refractivity contribution in [2.24, 2.45) is 17.8 Å². The number of aliphatic carboxylic acids is 1. The van der Waals surface area contributed by atoms with Crippen molar-refractivity contribution in [1.29, 1.82) is 0 Å². The fourth-order valence-corrected chi connectivity index (χ4v) is 4.40. The van der Waals surface area contributed by atoms with Gasteiger partial charge in [-0.1, -0.05) is 75.7 Å². The number of hydrogen-bond donors (Lipinski definition) is 3. The molecule has 2 amide bonds. The highest BCUT2D eigenvalue weighted by molar-refractivity contribution is 5.79. The van der Waals surface area contributed by atoms with Crippen LogP contribution in [0.2, 0.25) is 0 Å². The molecule has 0 spiro atoms. The maximum absolute atomic E-state index is 12.4. The largest absolute Gasteiger partial charge is 0.481 e. The molecule has 0 saturated carbocycles. The van der Waals surface area contributed by atoms with E-state index >= 15 is 0 Å². The van der Waals surface area contributed by atoms with Gasteiger partial charge < -0.3 is 20.5 Å². The number of ether oxygens (including phenoxy) is 1. The number of rotatable bonds is 11. The van der Waals surface area contributed by atoms with E-state index in [-0.39, 0.29) is 43.2 Å². The van der Waals surface area contributed by atoms with Crippen LogP contribution in [0.3, 0.4) is 0 Å². The van der Waals surface area contributed by atoms with Gasteiger partial charge >= 0.3 is 12.1 Å². The second kappa shape index (κ2) is 11.7. The van der Waals surface area contributed by atoms with Crippen molar-refractivity contribution in [3.63, 3.8) is 0 Å². The number of fused-ring (bicyclic) bond motifs is 3. The number of nitrogens with one attached hydrogen (secondary N) is 2. The highest BCUT2D eigenvalue weighted by atomic mass is 16.5. The van der Waals surface area contributed by atoms with Crippen LogP contribution < -0.4 is 10.6 Å². The summed E-state index contributed by atoms with van der Waals surface area (Å²) in [4.78, 5) is 36.0. The van der Waals surface area contributed by atoms with Crippen LogP contribution in [0, 0.1) is 17.8 Å². The molecule has 0 aliphatic heterocycles. The molecule has 34 heavy (non-hydrogen) atoms. The maximum atomic E-state index is 12.4. The first-order chi connectivity index (χ1) is 16.3. The van der Waals surface area contributed by atoms with Crippen molar-refractivity contribution >= 4 is 18.0 Å². The summed E-state index contributed by atoms with van der Waals surface area (Å²) < 4.78 is 5.56. The molecule has 7 nitrogen and oxygen atoms in total. The molecule has 2 unspecified atom stereocenters. The molecule has 3 N–H and O–H groups in total. The number of carbonyl (C=O) groups is 3. The van der Waals surface area contributed by atoms with Gasteiger partial charge in [0.05, 0.1) is 5.92 Å². The van der Waals surface area contributed by atoms with Gasteiger partial charge in [0.25, 0.3) is 0 Å². The van der Waals surface area contributed by atoms with Gasteiger partial charge in [-0.25, -0.2) is 4.79 Å². The van der Waals surface area contributed by atoms with Crippen molar-refractivity contribution in [2.75, 3.05) is 19.7 Å². The topological polar surface area (TPSA) is 105 Å². The Morgan fingerprint density at radius 1 is 0.941 bits per heavy atom. The summed E-state index contributed by atoms with van der Waals surface area (Å²) >= 11 is 0. The third-order valence-corrected chi connectivity index (χ3v) is 6.57. The van der Waals surface area contributed by atoms with E-state index in [2.05, 4.69) is 34.9 Å². The molecule has 0 radical (unpaired) electrons. The van der Waals surface area contributed by atoms with Gasteiger partial charge in [-0.3, -0.25) is 9.59 Å². The van der Waals surface area contributed by atoms with Crippen LogP contribution in [0.1, 0.15) is 50.7 Å². The summed E-state index contributed by atoms with van der Waals surface area (Å²) in [6.07, 6.45) is 0.403. The lowest BCUT2D eigenvalue weighted by molar-refractivity contribution is -0.143. The molecular weight excluding hydrogens is 432 g/mol. The van der Waals surface area contributed by atoms with Crippen LogP contribution in [-0.2, 0) is 14.3 Å². The molecule has 0 saturated heterocycles. The van der Waals surface area contributed by atoms with Crippen molar-refractivity contribution in [2.45, 2.75) is 39.5 Å². The third kappa shape index (κ3) is 6.16. The van der Waals surface area contributed by atoms with Crippen molar-refractivity contribution in [1.82, 2.24) is 10.6 Å². The maximum Gasteiger partial charge on any atom is 0.407 e. The number of hydrogen-bond acceptors (Lipinski definition) is 4. The van der Waals surface area contributed by atoms with E-state index in [1.807, 2.05) is 45.0 Å². The standard InChI is InChI=1S/C27H34N2O5/c1-4-18(13-25(30)28-15-23(17(2)3)26(31)32)14-29-27(33)34-16-24-21-11-7-5-9-19(21)20-10-6-8-12-22(20)24/h5-12,17-18,23-24H,4,13-16H2,1-3H3,(H,28,30)(H,29,33)(H,31,32). The zero-order valence-corrected chi connectivity index (χ0v) is 20.0. The Kier molecular flexibility index (Phi) is 8.68. The number of benzene rings is 2. The van der Waals surface area contributed by atoms with Gasteiger partial charge in [-0.15, -0.1) is 0 Å². The Bertz CT molecular complexity index is 974. The zero-order chi connectivity index (χ0) is 24.7. The van der Waals surface area contributed by atoms with Crippen molar-refractivity contribution in [3.05, 3.63) is 59.7 Å². The third-order valence-electron chi connectivity index (χ3n) is 6.57. The Hall–Kier alpha value is -3.35. The molecule has 1 aliphatic carbocycles. The highest BCUT2D eigenvalue weighted by Crippen LogP contribution is 2.44. The van der Waals surface area contributed by atoms with Crippen LogP contribution in [0.25, 0.3) is 11.1 Å². The van der Waals surface area contributed by atoms with E-state index < -0.39 is 18.0 Å². The van der Waals surface area contributed by atoms with Crippen LogP contribution in [0.4, 0.5) is 4.79 Å². The predicted octanol–water partition coefficient (Wildman–Crippen LogP) is 4.41. The van der Waals surface area contributed by atoms with E-state index in [4.69, 9.17) is 4.74 Å². The minimum Gasteiger partial charge on any atom is -0.481 e. The van der Waals surface area contributed by atoms with Crippen LogP contribution in [0.5, 0.6) is 0 Å². The lowest BCUT2D eigenvalue weighted by Gasteiger charge is -2.19. The van der Waals surface area contributed by atoms with Gasteiger partial charge in [-0.05, 0) is 34.1 Å². The first kappa shape index (κ1) is 25.3. The van der Waals surface area contributed by atoms with Gasteiger partial charge in [0.15, 0.2) is 0 Å². The SMILES string of the molecule is CCC(CNC(=O)OCC1c2ccccc2-c2ccccc21)CC(=O)NCC(C(=O)O)C(C)C. The molecule has 0 fully saturated rings. The van der Waals surface area contributed by atoms with Gasteiger partial charge in [0.1, 0.15) is 6.61 Å². The lowest BCUT2D eigenvalue weighted by atomic mass is 9.95. The fraction of sp³-hybridized carbons (Fsp3) is 0.444. The molecule has 0 aromatic heterocycles. The zero-order valence-electron chi connectivity index (χ0n) is 20.0. The lowest BCUT2D eigenvalue weighted by Crippen LogP contribution is -2.37. The van der Waals surface area contributed by atoms with Gasteiger partial charge in [-0.2, -0.15) is 0 Å².